The first-order chi connectivity index (χ1) is 8.79. The number of anilines is 1. The van der Waals surface area contributed by atoms with Gasteiger partial charge in [-0.1, -0.05) is 12.1 Å². The van der Waals surface area contributed by atoms with Gasteiger partial charge >= 0.3 is 0 Å². The van der Waals surface area contributed by atoms with E-state index in [2.05, 4.69) is 29.4 Å². The zero-order valence-electron chi connectivity index (χ0n) is 11.5. The Bertz CT molecular complexity index is 359. The van der Waals surface area contributed by atoms with E-state index >= 15 is 0 Å². The summed E-state index contributed by atoms with van der Waals surface area (Å²) in [5.74, 6) is 1.75. The fraction of sp³-hybridized carbons (Fsp3) is 0.600. The van der Waals surface area contributed by atoms with Crippen LogP contribution < -0.4 is 10.1 Å². The molecule has 0 amide bonds. The molecule has 1 saturated heterocycles. The van der Waals surface area contributed by atoms with Crippen molar-refractivity contribution in [3.8, 4) is 5.75 Å². The molecule has 0 radical (unpaired) electrons. The minimum absolute atomic E-state index is 0.715. The van der Waals surface area contributed by atoms with Crippen LogP contribution in [0.5, 0.6) is 5.75 Å². The summed E-state index contributed by atoms with van der Waals surface area (Å²) in [6.45, 7) is 6.23. The highest BCUT2D eigenvalue weighted by molar-refractivity contribution is 5.56. The van der Waals surface area contributed by atoms with Gasteiger partial charge in [0.2, 0.25) is 0 Å². The molecule has 1 aliphatic heterocycles. The predicted molar refractivity (Wildman–Crippen MR) is 76.3 cm³/mol. The second-order valence-corrected chi connectivity index (χ2v) is 5.06. The Kier molecular flexibility index (Phi) is 4.88. The summed E-state index contributed by atoms with van der Waals surface area (Å²) >= 11 is 0. The Hall–Kier alpha value is -1.22. The van der Waals surface area contributed by atoms with Gasteiger partial charge in [0.1, 0.15) is 5.75 Å². The first kappa shape index (κ1) is 13.2. The Morgan fingerprint density at radius 2 is 2.00 bits per heavy atom. The van der Waals surface area contributed by atoms with Gasteiger partial charge in [0.05, 0.1) is 12.3 Å². The second-order valence-electron chi connectivity index (χ2n) is 5.06. The topological polar surface area (TPSA) is 24.5 Å². The Morgan fingerprint density at radius 1 is 1.28 bits per heavy atom. The van der Waals surface area contributed by atoms with E-state index in [9.17, 15) is 0 Å². The summed E-state index contributed by atoms with van der Waals surface area (Å²) in [6.07, 6.45) is 2.58. The number of likely N-dealkylation sites (tertiary alicyclic amines) is 1. The standard InChI is InChI=1S/C15H24N2O/c1-3-18-15-7-5-4-6-14(15)16-12-13-8-10-17(2)11-9-13/h4-7,13,16H,3,8-12H2,1-2H3. The van der Waals surface area contributed by atoms with Crippen LogP contribution in [0, 0.1) is 5.92 Å². The zero-order valence-corrected chi connectivity index (χ0v) is 11.5. The van der Waals surface area contributed by atoms with E-state index in [1.165, 1.54) is 25.9 Å². The molecule has 0 bridgehead atoms. The third-order valence-electron chi connectivity index (χ3n) is 3.61. The molecular formula is C15H24N2O. The van der Waals surface area contributed by atoms with E-state index in [-0.39, 0.29) is 0 Å². The minimum Gasteiger partial charge on any atom is -0.492 e. The average molecular weight is 248 g/mol. The molecule has 1 fully saturated rings. The molecule has 3 nitrogen and oxygen atoms in total. The van der Waals surface area contributed by atoms with Crippen LogP contribution in [0.25, 0.3) is 0 Å². The maximum Gasteiger partial charge on any atom is 0.142 e. The molecule has 1 aromatic rings. The van der Waals surface area contributed by atoms with Gasteiger partial charge in [-0.15, -0.1) is 0 Å². The van der Waals surface area contributed by atoms with E-state index in [0.717, 1.165) is 23.9 Å². The van der Waals surface area contributed by atoms with Crippen molar-refractivity contribution in [1.29, 1.82) is 0 Å². The lowest BCUT2D eigenvalue weighted by Gasteiger charge is -2.29. The van der Waals surface area contributed by atoms with Crippen molar-refractivity contribution in [3.63, 3.8) is 0 Å². The van der Waals surface area contributed by atoms with Gasteiger partial charge in [0, 0.05) is 6.54 Å². The molecule has 1 aliphatic rings. The summed E-state index contributed by atoms with van der Waals surface area (Å²) in [5, 5.41) is 3.54. The maximum absolute atomic E-state index is 5.62. The quantitative estimate of drug-likeness (QED) is 0.867. The highest BCUT2D eigenvalue weighted by atomic mass is 16.5. The van der Waals surface area contributed by atoms with Crippen LogP contribution in [0.3, 0.4) is 0 Å². The third kappa shape index (κ3) is 3.64. The fourth-order valence-electron chi connectivity index (χ4n) is 2.41. The smallest absolute Gasteiger partial charge is 0.142 e. The van der Waals surface area contributed by atoms with Crippen molar-refractivity contribution in [2.45, 2.75) is 19.8 Å². The molecule has 1 heterocycles. The van der Waals surface area contributed by atoms with Crippen LogP contribution in [0.2, 0.25) is 0 Å². The number of hydrogen-bond acceptors (Lipinski definition) is 3. The summed E-state index contributed by atoms with van der Waals surface area (Å²) < 4.78 is 5.62. The molecular weight excluding hydrogens is 224 g/mol. The molecule has 1 N–H and O–H groups in total. The van der Waals surface area contributed by atoms with E-state index in [4.69, 9.17) is 4.74 Å². The molecule has 0 saturated carbocycles. The van der Waals surface area contributed by atoms with E-state index < -0.39 is 0 Å². The lowest BCUT2D eigenvalue weighted by atomic mass is 9.97. The fourth-order valence-corrected chi connectivity index (χ4v) is 2.41. The predicted octanol–water partition coefficient (Wildman–Crippen LogP) is 2.84. The normalized spacial score (nSPS) is 17.7. The first-order valence-electron chi connectivity index (χ1n) is 6.94. The van der Waals surface area contributed by atoms with Crippen molar-refractivity contribution in [3.05, 3.63) is 24.3 Å². The third-order valence-corrected chi connectivity index (χ3v) is 3.61. The largest absolute Gasteiger partial charge is 0.492 e. The minimum atomic E-state index is 0.715. The lowest BCUT2D eigenvalue weighted by Crippen LogP contribution is -2.33. The Labute approximate surface area is 110 Å². The van der Waals surface area contributed by atoms with Gasteiger partial charge in [-0.25, -0.2) is 0 Å². The number of rotatable bonds is 5. The van der Waals surface area contributed by atoms with Gasteiger partial charge in [0.15, 0.2) is 0 Å². The number of benzene rings is 1. The summed E-state index contributed by atoms with van der Waals surface area (Å²) in [6, 6.07) is 8.20. The average Bonchev–Trinajstić information content (AvgIpc) is 2.40. The van der Waals surface area contributed by atoms with Crippen molar-refractivity contribution >= 4 is 5.69 Å². The lowest BCUT2D eigenvalue weighted by molar-refractivity contribution is 0.226. The number of hydrogen-bond donors (Lipinski definition) is 1. The highest BCUT2D eigenvalue weighted by Crippen LogP contribution is 2.25. The number of nitrogens with zero attached hydrogens (tertiary/aromatic N) is 1. The first-order valence-corrected chi connectivity index (χ1v) is 6.94. The molecule has 18 heavy (non-hydrogen) atoms. The summed E-state index contributed by atoms with van der Waals surface area (Å²) in [5.41, 5.74) is 1.12. The van der Waals surface area contributed by atoms with E-state index in [0.29, 0.717) is 6.61 Å². The SMILES string of the molecule is CCOc1ccccc1NCC1CCN(C)CC1. The summed E-state index contributed by atoms with van der Waals surface area (Å²) in [4.78, 5) is 2.41. The molecule has 0 atom stereocenters. The number of para-hydroxylation sites is 2. The molecule has 0 aromatic heterocycles. The Balaban J connectivity index is 1.86. The van der Waals surface area contributed by atoms with Gasteiger partial charge in [-0.2, -0.15) is 0 Å². The van der Waals surface area contributed by atoms with Gasteiger partial charge in [-0.3, -0.25) is 0 Å². The maximum atomic E-state index is 5.62. The van der Waals surface area contributed by atoms with Crippen LogP contribution in [0.4, 0.5) is 5.69 Å². The molecule has 0 unspecified atom stereocenters. The van der Waals surface area contributed by atoms with Gasteiger partial charge in [0.25, 0.3) is 0 Å². The molecule has 2 rings (SSSR count). The molecule has 0 aliphatic carbocycles. The molecule has 1 aromatic carbocycles. The van der Waals surface area contributed by atoms with Crippen LogP contribution in [-0.4, -0.2) is 38.2 Å². The number of piperidine rings is 1. The molecule has 3 heteroatoms. The van der Waals surface area contributed by atoms with Crippen molar-refractivity contribution in [2.75, 3.05) is 38.6 Å². The summed E-state index contributed by atoms with van der Waals surface area (Å²) in [7, 11) is 2.20. The van der Waals surface area contributed by atoms with Crippen molar-refractivity contribution in [2.24, 2.45) is 5.92 Å². The van der Waals surface area contributed by atoms with Crippen LogP contribution >= 0.6 is 0 Å². The number of ether oxygens (including phenoxy) is 1. The monoisotopic (exact) mass is 248 g/mol. The zero-order chi connectivity index (χ0) is 12.8. The van der Waals surface area contributed by atoms with E-state index in [1.54, 1.807) is 0 Å². The van der Waals surface area contributed by atoms with Gasteiger partial charge in [-0.05, 0) is 58.0 Å². The Morgan fingerprint density at radius 3 is 2.72 bits per heavy atom. The van der Waals surface area contributed by atoms with Gasteiger partial charge < -0.3 is 15.0 Å². The van der Waals surface area contributed by atoms with Crippen LogP contribution in [-0.2, 0) is 0 Å². The second kappa shape index (κ2) is 6.64. The van der Waals surface area contributed by atoms with Crippen molar-refractivity contribution < 1.29 is 4.74 Å². The van der Waals surface area contributed by atoms with Crippen LogP contribution in [0.15, 0.2) is 24.3 Å². The highest BCUT2D eigenvalue weighted by Gasteiger charge is 2.16. The van der Waals surface area contributed by atoms with Crippen LogP contribution in [0.1, 0.15) is 19.8 Å². The van der Waals surface area contributed by atoms with E-state index in [1.807, 2.05) is 19.1 Å². The number of nitrogens with one attached hydrogen (secondary N) is 1. The molecule has 100 valence electrons. The van der Waals surface area contributed by atoms with Crippen molar-refractivity contribution in [1.82, 2.24) is 4.90 Å². The molecule has 0 spiro atoms.